The molecule has 1 saturated heterocycles. The van der Waals surface area contributed by atoms with Crippen LogP contribution in [0, 0.1) is 5.92 Å². The number of rotatable bonds is 9. The number of hydrogen-bond donors (Lipinski definition) is 2. The van der Waals surface area contributed by atoms with Gasteiger partial charge in [0.2, 0.25) is 15.9 Å². The molecule has 1 fully saturated rings. The largest absolute Gasteiger partial charge is 0.383 e. The van der Waals surface area contributed by atoms with Gasteiger partial charge in [0.15, 0.2) is 0 Å². The van der Waals surface area contributed by atoms with Gasteiger partial charge in [0.05, 0.1) is 11.5 Å². The standard InChI is InChI=1S/C23H28ClN3O5S/c1-32-16-13-25-23(29)21(26-22(28)18-5-3-2-4-6-18)17-11-14-27(15-12-17)33(30,31)20-9-7-19(24)8-10-20/h2-10,17,21H,11-16H2,1H3,(H,25,29)(H,26,28). The van der Waals surface area contributed by atoms with Crippen LogP contribution in [-0.4, -0.2) is 63.9 Å². The van der Waals surface area contributed by atoms with Gasteiger partial charge in [-0.05, 0) is 55.2 Å². The molecule has 1 aliphatic rings. The van der Waals surface area contributed by atoms with Crippen molar-refractivity contribution in [3.8, 4) is 0 Å². The Morgan fingerprint density at radius 2 is 1.73 bits per heavy atom. The molecule has 1 atom stereocenters. The Kier molecular flexibility index (Phi) is 8.85. The molecule has 2 N–H and O–H groups in total. The molecule has 0 aliphatic carbocycles. The van der Waals surface area contributed by atoms with Crippen molar-refractivity contribution in [2.45, 2.75) is 23.8 Å². The summed E-state index contributed by atoms with van der Waals surface area (Å²) in [4.78, 5) is 25.8. The van der Waals surface area contributed by atoms with Crippen LogP contribution in [0.3, 0.4) is 0 Å². The number of amides is 2. The van der Waals surface area contributed by atoms with Crippen LogP contribution in [0.25, 0.3) is 0 Å². The van der Waals surface area contributed by atoms with Gasteiger partial charge < -0.3 is 15.4 Å². The molecule has 0 aromatic heterocycles. The third-order valence-electron chi connectivity index (χ3n) is 5.63. The van der Waals surface area contributed by atoms with Gasteiger partial charge in [-0.3, -0.25) is 9.59 Å². The highest BCUT2D eigenvalue weighted by Gasteiger charge is 2.36. The molecular formula is C23H28ClN3O5S. The molecule has 3 rings (SSSR count). The second-order valence-corrected chi connectivity index (χ2v) is 10.2. The van der Waals surface area contributed by atoms with Crippen molar-refractivity contribution >= 4 is 33.4 Å². The Hall–Kier alpha value is -2.46. The Balaban J connectivity index is 1.70. The molecule has 10 heteroatoms. The Morgan fingerprint density at radius 1 is 1.09 bits per heavy atom. The van der Waals surface area contributed by atoms with Crippen LogP contribution >= 0.6 is 11.6 Å². The Morgan fingerprint density at radius 3 is 2.33 bits per heavy atom. The summed E-state index contributed by atoms with van der Waals surface area (Å²) in [5, 5.41) is 6.10. The normalized spacial score (nSPS) is 16.2. The molecule has 178 valence electrons. The summed E-state index contributed by atoms with van der Waals surface area (Å²) in [7, 11) is -2.12. The predicted octanol–water partition coefficient (Wildman–Crippen LogP) is 2.30. The van der Waals surface area contributed by atoms with Crippen molar-refractivity contribution in [3.63, 3.8) is 0 Å². The summed E-state index contributed by atoms with van der Waals surface area (Å²) >= 11 is 5.87. The summed E-state index contributed by atoms with van der Waals surface area (Å²) in [6.07, 6.45) is 0.870. The van der Waals surface area contributed by atoms with Crippen LogP contribution in [0.5, 0.6) is 0 Å². The first-order valence-corrected chi connectivity index (χ1v) is 12.5. The first kappa shape index (κ1) is 25.2. The number of carbonyl (C=O) groups excluding carboxylic acids is 2. The van der Waals surface area contributed by atoms with Crippen molar-refractivity contribution in [2.24, 2.45) is 5.92 Å². The average Bonchev–Trinajstić information content (AvgIpc) is 2.83. The van der Waals surface area contributed by atoms with Crippen molar-refractivity contribution < 1.29 is 22.7 Å². The van der Waals surface area contributed by atoms with Crippen LogP contribution in [0.2, 0.25) is 5.02 Å². The summed E-state index contributed by atoms with van der Waals surface area (Å²) in [5.41, 5.74) is 0.454. The zero-order valence-corrected chi connectivity index (χ0v) is 19.9. The molecule has 0 bridgehead atoms. The van der Waals surface area contributed by atoms with E-state index in [-0.39, 0.29) is 35.7 Å². The van der Waals surface area contributed by atoms with Gasteiger partial charge in [-0.25, -0.2) is 8.42 Å². The third-order valence-corrected chi connectivity index (χ3v) is 7.80. The highest BCUT2D eigenvalue weighted by molar-refractivity contribution is 7.89. The lowest BCUT2D eigenvalue weighted by atomic mass is 9.89. The fourth-order valence-corrected chi connectivity index (χ4v) is 5.40. The molecule has 0 saturated carbocycles. The number of halogens is 1. The molecule has 2 amide bonds. The van der Waals surface area contributed by atoms with Gasteiger partial charge in [-0.1, -0.05) is 29.8 Å². The van der Waals surface area contributed by atoms with Crippen LogP contribution in [0.4, 0.5) is 0 Å². The fraction of sp³-hybridized carbons (Fsp3) is 0.391. The van der Waals surface area contributed by atoms with Gasteiger partial charge in [0.25, 0.3) is 5.91 Å². The molecule has 1 heterocycles. The average molecular weight is 494 g/mol. The maximum atomic E-state index is 13.0. The van der Waals surface area contributed by atoms with Gasteiger partial charge >= 0.3 is 0 Å². The zero-order chi connectivity index (χ0) is 23.8. The van der Waals surface area contributed by atoms with Crippen LogP contribution in [0.15, 0.2) is 59.5 Å². The summed E-state index contributed by atoms with van der Waals surface area (Å²) in [5.74, 6) is -0.870. The monoisotopic (exact) mass is 493 g/mol. The maximum Gasteiger partial charge on any atom is 0.251 e. The van der Waals surface area contributed by atoms with E-state index in [0.29, 0.717) is 36.6 Å². The highest BCUT2D eigenvalue weighted by Crippen LogP contribution is 2.27. The van der Waals surface area contributed by atoms with Crippen molar-refractivity contribution in [1.82, 2.24) is 14.9 Å². The molecule has 2 aromatic rings. The smallest absolute Gasteiger partial charge is 0.251 e. The number of nitrogens with one attached hydrogen (secondary N) is 2. The number of ether oxygens (including phenoxy) is 1. The van der Waals surface area contributed by atoms with Gasteiger partial charge in [0, 0.05) is 37.3 Å². The number of hydrogen-bond acceptors (Lipinski definition) is 5. The number of nitrogens with zero attached hydrogens (tertiary/aromatic N) is 1. The zero-order valence-electron chi connectivity index (χ0n) is 18.4. The Bertz CT molecular complexity index is 1040. The maximum absolute atomic E-state index is 13.0. The minimum Gasteiger partial charge on any atom is -0.383 e. The van der Waals surface area contributed by atoms with E-state index in [4.69, 9.17) is 16.3 Å². The van der Waals surface area contributed by atoms with Crippen molar-refractivity contribution in [1.29, 1.82) is 0 Å². The molecule has 1 unspecified atom stereocenters. The summed E-state index contributed by atoms with van der Waals surface area (Å²) < 4.78 is 32.3. The van der Waals surface area contributed by atoms with Crippen molar-refractivity contribution in [2.75, 3.05) is 33.4 Å². The lowest BCUT2D eigenvalue weighted by Gasteiger charge is -2.35. The highest BCUT2D eigenvalue weighted by atomic mass is 35.5. The molecular weight excluding hydrogens is 466 g/mol. The quantitative estimate of drug-likeness (QED) is 0.521. The van der Waals surface area contributed by atoms with Crippen molar-refractivity contribution in [3.05, 3.63) is 65.2 Å². The molecule has 2 aromatic carbocycles. The van der Waals surface area contributed by atoms with E-state index < -0.39 is 16.1 Å². The van der Waals surface area contributed by atoms with Crippen LogP contribution in [-0.2, 0) is 19.6 Å². The summed E-state index contributed by atoms with van der Waals surface area (Å²) in [6, 6.07) is 13.9. The molecule has 0 radical (unpaired) electrons. The second-order valence-electron chi connectivity index (χ2n) is 7.80. The first-order chi connectivity index (χ1) is 15.8. The molecule has 33 heavy (non-hydrogen) atoms. The number of methoxy groups -OCH3 is 1. The Labute approximate surface area is 199 Å². The minimum absolute atomic E-state index is 0.177. The molecule has 0 spiro atoms. The van der Waals surface area contributed by atoms with E-state index in [2.05, 4.69) is 10.6 Å². The number of benzene rings is 2. The van der Waals surface area contributed by atoms with Gasteiger partial charge in [-0.2, -0.15) is 4.31 Å². The van der Waals surface area contributed by atoms with Gasteiger partial charge in [0.1, 0.15) is 6.04 Å². The number of carbonyl (C=O) groups is 2. The summed E-state index contributed by atoms with van der Waals surface area (Å²) in [6.45, 7) is 1.16. The molecule has 8 nitrogen and oxygen atoms in total. The second kappa shape index (κ2) is 11.6. The van der Waals surface area contributed by atoms with E-state index in [0.717, 1.165) is 0 Å². The fourth-order valence-electron chi connectivity index (χ4n) is 3.80. The first-order valence-electron chi connectivity index (χ1n) is 10.7. The van der Waals surface area contributed by atoms with E-state index in [1.807, 2.05) is 6.07 Å². The minimum atomic E-state index is -3.66. The van der Waals surface area contributed by atoms with Crippen LogP contribution < -0.4 is 10.6 Å². The molecule has 1 aliphatic heterocycles. The van der Waals surface area contributed by atoms with E-state index in [1.54, 1.807) is 36.4 Å². The van der Waals surface area contributed by atoms with E-state index in [1.165, 1.54) is 23.5 Å². The van der Waals surface area contributed by atoms with Gasteiger partial charge in [-0.15, -0.1) is 0 Å². The predicted molar refractivity (Wildman–Crippen MR) is 126 cm³/mol. The number of sulfonamides is 1. The SMILES string of the molecule is COCCNC(=O)C(NC(=O)c1ccccc1)C1CCN(S(=O)(=O)c2ccc(Cl)cc2)CC1. The lowest BCUT2D eigenvalue weighted by molar-refractivity contribution is -0.124. The topological polar surface area (TPSA) is 105 Å². The van der Waals surface area contributed by atoms with E-state index >= 15 is 0 Å². The third kappa shape index (κ3) is 6.54. The van der Waals surface area contributed by atoms with Crippen LogP contribution in [0.1, 0.15) is 23.2 Å². The lowest BCUT2D eigenvalue weighted by Crippen LogP contribution is -2.54. The van der Waals surface area contributed by atoms with E-state index in [9.17, 15) is 18.0 Å². The number of piperidine rings is 1.